The van der Waals surface area contributed by atoms with Crippen molar-refractivity contribution in [1.29, 1.82) is 0 Å². The minimum absolute atomic E-state index is 0.131. The molecular formula is C12H20N2O3S. The van der Waals surface area contributed by atoms with E-state index in [-0.39, 0.29) is 11.8 Å². The molecular weight excluding hydrogens is 252 g/mol. The molecule has 1 atom stereocenters. The maximum Gasteiger partial charge on any atom is 0.151 e. The molecule has 1 fully saturated rings. The van der Waals surface area contributed by atoms with E-state index in [2.05, 4.69) is 10.2 Å². The summed E-state index contributed by atoms with van der Waals surface area (Å²) in [6.07, 6.45) is 2.41. The van der Waals surface area contributed by atoms with Crippen molar-refractivity contribution in [1.82, 2.24) is 10.2 Å². The van der Waals surface area contributed by atoms with Gasteiger partial charge in [-0.2, -0.15) is 0 Å². The summed E-state index contributed by atoms with van der Waals surface area (Å²) in [5.41, 5.74) is 0. The molecule has 18 heavy (non-hydrogen) atoms. The lowest BCUT2D eigenvalue weighted by atomic mass is 10.2. The minimum atomic E-state index is -2.78. The average Bonchev–Trinajstić information content (AvgIpc) is 2.88. The first-order valence-electron chi connectivity index (χ1n) is 6.20. The summed E-state index contributed by atoms with van der Waals surface area (Å²) in [7, 11) is -0.755. The first-order chi connectivity index (χ1) is 8.55. The molecule has 1 aromatic rings. The number of nitrogens with zero attached hydrogens (tertiary/aromatic N) is 1. The number of furan rings is 1. The number of nitrogens with one attached hydrogen (secondary N) is 1. The first kappa shape index (κ1) is 13.6. The van der Waals surface area contributed by atoms with Gasteiger partial charge >= 0.3 is 0 Å². The van der Waals surface area contributed by atoms with Gasteiger partial charge in [-0.05, 0) is 25.6 Å². The van der Waals surface area contributed by atoms with Gasteiger partial charge in [-0.1, -0.05) is 0 Å². The summed E-state index contributed by atoms with van der Waals surface area (Å²) in [5, 5.41) is 3.30. The zero-order valence-corrected chi connectivity index (χ0v) is 11.4. The van der Waals surface area contributed by atoms with Gasteiger partial charge in [-0.3, -0.25) is 4.90 Å². The van der Waals surface area contributed by atoms with Crippen LogP contribution in [0.15, 0.2) is 22.8 Å². The van der Waals surface area contributed by atoms with Crippen molar-refractivity contribution >= 4 is 9.84 Å². The highest BCUT2D eigenvalue weighted by atomic mass is 32.2. The lowest BCUT2D eigenvalue weighted by Gasteiger charge is -2.17. The van der Waals surface area contributed by atoms with E-state index >= 15 is 0 Å². The van der Waals surface area contributed by atoms with Gasteiger partial charge in [0, 0.05) is 19.1 Å². The van der Waals surface area contributed by atoms with Crippen LogP contribution in [-0.4, -0.2) is 51.0 Å². The van der Waals surface area contributed by atoms with Crippen molar-refractivity contribution in [2.24, 2.45) is 0 Å². The summed E-state index contributed by atoms with van der Waals surface area (Å²) in [6.45, 7) is 2.45. The van der Waals surface area contributed by atoms with E-state index in [0.717, 1.165) is 31.8 Å². The Morgan fingerprint density at radius 1 is 1.56 bits per heavy atom. The van der Waals surface area contributed by atoms with E-state index in [4.69, 9.17) is 4.42 Å². The summed E-state index contributed by atoms with van der Waals surface area (Å²) < 4.78 is 27.8. The van der Waals surface area contributed by atoms with Crippen LogP contribution in [0.4, 0.5) is 0 Å². The van der Waals surface area contributed by atoms with Crippen molar-refractivity contribution in [2.45, 2.75) is 19.0 Å². The Morgan fingerprint density at radius 2 is 2.39 bits per heavy atom. The molecule has 1 N–H and O–H groups in total. The van der Waals surface area contributed by atoms with E-state index < -0.39 is 9.84 Å². The number of hydrogen-bond acceptors (Lipinski definition) is 5. The van der Waals surface area contributed by atoms with Crippen LogP contribution < -0.4 is 5.32 Å². The van der Waals surface area contributed by atoms with E-state index in [1.807, 2.05) is 19.2 Å². The third kappa shape index (κ3) is 4.12. The molecule has 1 saturated heterocycles. The normalized spacial score (nSPS) is 22.7. The van der Waals surface area contributed by atoms with E-state index in [0.29, 0.717) is 5.75 Å². The second-order valence-electron chi connectivity index (χ2n) is 4.87. The van der Waals surface area contributed by atoms with Crippen LogP contribution in [0, 0.1) is 0 Å². The third-order valence-corrected chi connectivity index (χ3v) is 4.93. The van der Waals surface area contributed by atoms with E-state index in [1.54, 1.807) is 6.26 Å². The second-order valence-corrected chi connectivity index (χ2v) is 7.10. The quantitative estimate of drug-likeness (QED) is 0.816. The predicted molar refractivity (Wildman–Crippen MR) is 70.1 cm³/mol. The fourth-order valence-electron chi connectivity index (χ4n) is 2.16. The molecule has 1 aliphatic heterocycles. The molecule has 102 valence electrons. The Balaban J connectivity index is 1.63. The van der Waals surface area contributed by atoms with Crippen molar-refractivity contribution in [3.63, 3.8) is 0 Å². The Hall–Kier alpha value is -0.850. The molecule has 2 heterocycles. The van der Waals surface area contributed by atoms with Gasteiger partial charge in [0.2, 0.25) is 0 Å². The van der Waals surface area contributed by atoms with Crippen molar-refractivity contribution in [2.75, 3.05) is 31.6 Å². The molecule has 0 bridgehead atoms. The maximum absolute atomic E-state index is 11.3. The number of hydrogen-bond donors (Lipinski definition) is 1. The maximum atomic E-state index is 11.3. The highest BCUT2D eigenvalue weighted by Crippen LogP contribution is 2.10. The molecule has 0 amide bonds. The van der Waals surface area contributed by atoms with Gasteiger partial charge in [0.05, 0.1) is 24.3 Å². The predicted octanol–water partition coefficient (Wildman–Crippen LogP) is 0.488. The van der Waals surface area contributed by atoms with Crippen LogP contribution in [0.5, 0.6) is 0 Å². The fraction of sp³-hybridized carbons (Fsp3) is 0.667. The zero-order chi connectivity index (χ0) is 13.0. The van der Waals surface area contributed by atoms with Crippen LogP contribution in [-0.2, 0) is 16.4 Å². The zero-order valence-electron chi connectivity index (χ0n) is 10.6. The summed E-state index contributed by atoms with van der Waals surface area (Å²) in [6, 6.07) is 3.96. The summed E-state index contributed by atoms with van der Waals surface area (Å²) >= 11 is 0. The lowest BCUT2D eigenvalue weighted by molar-refractivity contribution is 0.290. The Bertz CT molecular complexity index is 456. The van der Waals surface area contributed by atoms with E-state index in [9.17, 15) is 8.42 Å². The molecule has 0 aromatic carbocycles. The molecule has 5 nitrogen and oxygen atoms in total. The first-order valence-corrected chi connectivity index (χ1v) is 8.02. The SMILES string of the molecule is CN(CCNC1CCS(=O)(=O)C1)Cc1ccco1. The van der Waals surface area contributed by atoms with Crippen molar-refractivity contribution < 1.29 is 12.8 Å². The highest BCUT2D eigenvalue weighted by molar-refractivity contribution is 7.91. The van der Waals surface area contributed by atoms with Gasteiger partial charge in [-0.15, -0.1) is 0 Å². The van der Waals surface area contributed by atoms with Crippen LogP contribution >= 0.6 is 0 Å². The van der Waals surface area contributed by atoms with Gasteiger partial charge < -0.3 is 9.73 Å². The summed E-state index contributed by atoms with van der Waals surface area (Å²) in [5.74, 6) is 1.56. The second kappa shape index (κ2) is 5.86. The Morgan fingerprint density at radius 3 is 3.00 bits per heavy atom. The fourth-order valence-corrected chi connectivity index (χ4v) is 3.87. The van der Waals surface area contributed by atoms with E-state index in [1.165, 1.54) is 0 Å². The van der Waals surface area contributed by atoms with Crippen LogP contribution in [0.2, 0.25) is 0 Å². The van der Waals surface area contributed by atoms with Gasteiger partial charge in [0.25, 0.3) is 0 Å². The molecule has 0 saturated carbocycles. The number of likely N-dealkylation sites (N-methyl/N-ethyl adjacent to an activating group) is 1. The highest BCUT2D eigenvalue weighted by Gasteiger charge is 2.27. The molecule has 1 aromatic heterocycles. The van der Waals surface area contributed by atoms with Crippen molar-refractivity contribution in [3.05, 3.63) is 24.2 Å². The van der Waals surface area contributed by atoms with Crippen molar-refractivity contribution in [3.8, 4) is 0 Å². The molecule has 0 spiro atoms. The number of sulfone groups is 1. The Kier molecular flexibility index (Phi) is 4.42. The number of rotatable bonds is 6. The molecule has 0 radical (unpaired) electrons. The third-order valence-electron chi connectivity index (χ3n) is 3.16. The molecule has 1 aliphatic rings. The molecule has 0 aliphatic carbocycles. The monoisotopic (exact) mass is 272 g/mol. The van der Waals surface area contributed by atoms with Gasteiger partial charge in [-0.25, -0.2) is 8.42 Å². The minimum Gasteiger partial charge on any atom is -0.468 e. The molecule has 1 unspecified atom stereocenters. The summed E-state index contributed by atoms with van der Waals surface area (Å²) in [4.78, 5) is 2.15. The smallest absolute Gasteiger partial charge is 0.151 e. The molecule has 6 heteroatoms. The Labute approximate surface area is 108 Å². The van der Waals surface area contributed by atoms with Gasteiger partial charge in [0.15, 0.2) is 9.84 Å². The topological polar surface area (TPSA) is 62.6 Å². The van der Waals surface area contributed by atoms with Crippen LogP contribution in [0.1, 0.15) is 12.2 Å². The van der Waals surface area contributed by atoms with Gasteiger partial charge in [0.1, 0.15) is 5.76 Å². The largest absolute Gasteiger partial charge is 0.468 e. The standard InChI is InChI=1S/C12H20N2O3S/c1-14(9-12-3-2-7-17-12)6-5-13-11-4-8-18(15,16)10-11/h2-3,7,11,13H,4-6,8-10H2,1H3. The average molecular weight is 272 g/mol. The van der Waals surface area contributed by atoms with Crippen LogP contribution in [0.25, 0.3) is 0 Å². The van der Waals surface area contributed by atoms with Crippen LogP contribution in [0.3, 0.4) is 0 Å². The molecule has 2 rings (SSSR count). The lowest BCUT2D eigenvalue weighted by Crippen LogP contribution is -2.36.